The molecule has 0 unspecified atom stereocenters. The van der Waals surface area contributed by atoms with Crippen molar-refractivity contribution in [3.8, 4) is 11.5 Å². The zero-order valence-corrected chi connectivity index (χ0v) is 15.4. The number of amides is 1. The number of carbonyl (C=O) groups is 1. The van der Waals surface area contributed by atoms with Gasteiger partial charge < -0.3 is 20.5 Å². The predicted octanol–water partition coefficient (Wildman–Crippen LogP) is 4.52. The Hall–Kier alpha value is -2.40. The smallest absolute Gasteiger partial charge is 0.255 e. The van der Waals surface area contributed by atoms with Gasteiger partial charge in [-0.05, 0) is 43.2 Å². The van der Waals surface area contributed by atoms with Crippen molar-refractivity contribution in [2.45, 2.75) is 26.7 Å². The molecule has 5 nitrogen and oxygen atoms in total. The van der Waals surface area contributed by atoms with Crippen LogP contribution >= 0.6 is 12.4 Å². The molecular formula is C19H25ClN2O3. The molecule has 2 aromatic carbocycles. The number of hydrogen-bond donors (Lipinski definition) is 2. The molecule has 3 N–H and O–H groups in total. The molecule has 2 rings (SSSR count). The third-order valence-electron chi connectivity index (χ3n) is 3.34. The summed E-state index contributed by atoms with van der Waals surface area (Å²) >= 11 is 0. The Morgan fingerprint density at radius 3 is 2.28 bits per heavy atom. The van der Waals surface area contributed by atoms with Gasteiger partial charge in [0.05, 0.1) is 24.6 Å². The Balaban J connectivity index is 0.00000312. The highest BCUT2D eigenvalue weighted by Crippen LogP contribution is 2.29. The van der Waals surface area contributed by atoms with Crippen LogP contribution in [0.15, 0.2) is 42.5 Å². The third-order valence-corrected chi connectivity index (χ3v) is 3.34. The molecule has 136 valence electrons. The normalized spacial score (nSPS) is 9.84. The number of nitrogen functional groups attached to an aromatic ring is 1. The molecule has 0 saturated carbocycles. The van der Waals surface area contributed by atoms with Crippen LogP contribution in [0.1, 0.15) is 37.0 Å². The number of nitrogens with two attached hydrogens (primary N) is 1. The first-order valence-electron chi connectivity index (χ1n) is 8.21. The average molecular weight is 365 g/mol. The van der Waals surface area contributed by atoms with Crippen LogP contribution in [-0.4, -0.2) is 19.1 Å². The minimum atomic E-state index is -0.240. The summed E-state index contributed by atoms with van der Waals surface area (Å²) in [4.78, 5) is 12.5. The molecule has 0 aliphatic rings. The molecule has 0 spiro atoms. The number of hydrogen-bond acceptors (Lipinski definition) is 4. The first-order valence-corrected chi connectivity index (χ1v) is 8.21. The van der Waals surface area contributed by atoms with Gasteiger partial charge in [0.2, 0.25) is 0 Å². The van der Waals surface area contributed by atoms with Gasteiger partial charge in [-0.25, -0.2) is 0 Å². The topological polar surface area (TPSA) is 73.6 Å². The molecule has 0 fully saturated rings. The number of benzene rings is 2. The van der Waals surface area contributed by atoms with E-state index in [2.05, 4.69) is 5.32 Å². The minimum absolute atomic E-state index is 0. The summed E-state index contributed by atoms with van der Waals surface area (Å²) < 4.78 is 11.4. The number of carbonyl (C=O) groups excluding carboxylic acids is 1. The van der Waals surface area contributed by atoms with Gasteiger partial charge in [-0.15, -0.1) is 12.4 Å². The van der Waals surface area contributed by atoms with E-state index < -0.39 is 0 Å². The van der Waals surface area contributed by atoms with E-state index in [1.165, 1.54) is 0 Å². The van der Waals surface area contributed by atoms with E-state index in [1.807, 2.05) is 26.0 Å². The molecule has 0 radical (unpaired) electrons. The highest BCUT2D eigenvalue weighted by atomic mass is 35.5. The Morgan fingerprint density at radius 1 is 1.00 bits per heavy atom. The SMILES string of the molecule is CCCOc1ccc(C(=O)Nc2ccccc2N)cc1OCCC.Cl. The van der Waals surface area contributed by atoms with Crippen LogP contribution in [0.4, 0.5) is 11.4 Å². The lowest BCUT2D eigenvalue weighted by Gasteiger charge is -2.14. The van der Waals surface area contributed by atoms with Crippen molar-refractivity contribution in [2.75, 3.05) is 24.3 Å². The maximum atomic E-state index is 12.5. The van der Waals surface area contributed by atoms with Crippen molar-refractivity contribution in [1.82, 2.24) is 0 Å². The largest absolute Gasteiger partial charge is 0.490 e. The molecule has 1 amide bonds. The van der Waals surface area contributed by atoms with Gasteiger partial charge in [0, 0.05) is 5.56 Å². The van der Waals surface area contributed by atoms with Gasteiger partial charge in [-0.1, -0.05) is 26.0 Å². The fourth-order valence-corrected chi connectivity index (χ4v) is 2.11. The number of halogens is 1. The molecule has 0 aliphatic heterocycles. The van der Waals surface area contributed by atoms with Crippen molar-refractivity contribution in [3.63, 3.8) is 0 Å². The molecular weight excluding hydrogens is 340 g/mol. The quantitative estimate of drug-likeness (QED) is 0.675. The number of ether oxygens (including phenoxy) is 2. The lowest BCUT2D eigenvalue weighted by Crippen LogP contribution is -2.13. The average Bonchev–Trinajstić information content (AvgIpc) is 2.60. The predicted molar refractivity (Wildman–Crippen MR) is 104 cm³/mol. The van der Waals surface area contributed by atoms with E-state index in [-0.39, 0.29) is 18.3 Å². The van der Waals surface area contributed by atoms with Gasteiger partial charge >= 0.3 is 0 Å². The Morgan fingerprint density at radius 2 is 1.64 bits per heavy atom. The lowest BCUT2D eigenvalue weighted by molar-refractivity contribution is 0.102. The lowest BCUT2D eigenvalue weighted by atomic mass is 10.1. The molecule has 0 aliphatic carbocycles. The zero-order valence-electron chi connectivity index (χ0n) is 14.6. The second-order valence-corrected chi connectivity index (χ2v) is 5.40. The number of para-hydroxylation sites is 2. The summed E-state index contributed by atoms with van der Waals surface area (Å²) in [5.41, 5.74) is 7.47. The molecule has 0 atom stereocenters. The summed E-state index contributed by atoms with van der Waals surface area (Å²) in [6.45, 7) is 5.24. The van der Waals surface area contributed by atoms with Crippen molar-refractivity contribution in [2.24, 2.45) is 0 Å². The van der Waals surface area contributed by atoms with E-state index in [0.717, 1.165) is 12.8 Å². The monoisotopic (exact) mass is 364 g/mol. The molecule has 6 heteroatoms. The van der Waals surface area contributed by atoms with Gasteiger partial charge in [0.25, 0.3) is 5.91 Å². The summed E-state index contributed by atoms with van der Waals surface area (Å²) in [5.74, 6) is 0.997. The maximum Gasteiger partial charge on any atom is 0.255 e. The van der Waals surface area contributed by atoms with E-state index in [1.54, 1.807) is 30.3 Å². The second kappa shape index (κ2) is 10.5. The molecule has 25 heavy (non-hydrogen) atoms. The van der Waals surface area contributed by atoms with E-state index in [0.29, 0.717) is 41.7 Å². The van der Waals surface area contributed by atoms with Crippen LogP contribution < -0.4 is 20.5 Å². The summed E-state index contributed by atoms with van der Waals surface area (Å²) in [7, 11) is 0. The molecule has 0 bridgehead atoms. The van der Waals surface area contributed by atoms with Crippen LogP contribution in [0.25, 0.3) is 0 Å². The van der Waals surface area contributed by atoms with E-state index in [4.69, 9.17) is 15.2 Å². The first-order chi connectivity index (χ1) is 11.7. The summed E-state index contributed by atoms with van der Waals surface area (Å²) in [6.07, 6.45) is 1.78. The van der Waals surface area contributed by atoms with Crippen molar-refractivity contribution < 1.29 is 14.3 Å². The van der Waals surface area contributed by atoms with Gasteiger partial charge in [-0.2, -0.15) is 0 Å². The fraction of sp³-hybridized carbons (Fsp3) is 0.316. The third kappa shape index (κ3) is 5.87. The van der Waals surface area contributed by atoms with Crippen molar-refractivity contribution >= 4 is 29.7 Å². The Labute approximate surface area is 154 Å². The second-order valence-electron chi connectivity index (χ2n) is 5.40. The van der Waals surface area contributed by atoms with Crippen LogP contribution in [0.3, 0.4) is 0 Å². The fourth-order valence-electron chi connectivity index (χ4n) is 2.11. The van der Waals surface area contributed by atoms with E-state index in [9.17, 15) is 4.79 Å². The highest BCUT2D eigenvalue weighted by molar-refractivity contribution is 6.06. The van der Waals surface area contributed by atoms with Crippen LogP contribution in [0.2, 0.25) is 0 Å². The van der Waals surface area contributed by atoms with Crippen LogP contribution in [0.5, 0.6) is 11.5 Å². The van der Waals surface area contributed by atoms with Crippen molar-refractivity contribution in [1.29, 1.82) is 0 Å². The van der Waals surface area contributed by atoms with Gasteiger partial charge in [0.1, 0.15) is 0 Å². The summed E-state index contributed by atoms with van der Waals surface area (Å²) in [6, 6.07) is 12.3. The van der Waals surface area contributed by atoms with Gasteiger partial charge in [0.15, 0.2) is 11.5 Å². The Kier molecular flexibility index (Phi) is 8.64. The number of rotatable bonds is 8. The van der Waals surface area contributed by atoms with Crippen LogP contribution in [-0.2, 0) is 0 Å². The van der Waals surface area contributed by atoms with Gasteiger partial charge in [-0.3, -0.25) is 4.79 Å². The molecule has 2 aromatic rings. The first kappa shape index (κ1) is 20.6. The molecule has 0 aromatic heterocycles. The number of anilines is 2. The summed E-state index contributed by atoms with van der Waals surface area (Å²) in [5, 5.41) is 2.81. The molecule has 0 saturated heterocycles. The van der Waals surface area contributed by atoms with E-state index >= 15 is 0 Å². The standard InChI is InChI=1S/C19H24N2O3.ClH/c1-3-11-23-17-10-9-14(13-18(17)24-12-4-2)19(22)21-16-8-6-5-7-15(16)20;/h5-10,13H,3-4,11-12,20H2,1-2H3,(H,21,22);1H. The van der Waals surface area contributed by atoms with Crippen molar-refractivity contribution in [3.05, 3.63) is 48.0 Å². The number of nitrogens with one attached hydrogen (secondary N) is 1. The highest BCUT2D eigenvalue weighted by Gasteiger charge is 2.13. The zero-order chi connectivity index (χ0) is 17.4. The van der Waals surface area contributed by atoms with Crippen LogP contribution in [0, 0.1) is 0 Å². The minimum Gasteiger partial charge on any atom is -0.490 e. The molecule has 0 heterocycles. The Bertz CT molecular complexity index is 692. The maximum absolute atomic E-state index is 12.5.